The smallest absolute Gasteiger partial charge is 0.250 e. The molecule has 1 aromatic carbocycles. The summed E-state index contributed by atoms with van der Waals surface area (Å²) in [5, 5.41) is 0. The highest BCUT2D eigenvalue weighted by Gasteiger charge is 2.02. The third-order valence-corrected chi connectivity index (χ3v) is 3.16. The molecule has 0 aliphatic carbocycles. The van der Waals surface area contributed by atoms with E-state index in [9.17, 15) is 4.79 Å². The van der Waals surface area contributed by atoms with Gasteiger partial charge in [0.1, 0.15) is 0 Å². The minimum absolute atomic E-state index is 0.0339. The van der Waals surface area contributed by atoms with Gasteiger partial charge in [0.2, 0.25) is 0 Å². The Hall–Kier alpha value is -2.07. The van der Waals surface area contributed by atoms with Crippen molar-refractivity contribution in [1.82, 2.24) is 4.57 Å². The van der Waals surface area contributed by atoms with Gasteiger partial charge in [-0.15, -0.1) is 0 Å². The summed E-state index contributed by atoms with van der Waals surface area (Å²) in [6.45, 7) is 1.99. The molecule has 2 aromatic rings. The molecule has 19 heavy (non-hydrogen) atoms. The Morgan fingerprint density at radius 2 is 2.05 bits per heavy atom. The Morgan fingerprint density at radius 1 is 1.21 bits per heavy atom. The molecule has 0 saturated heterocycles. The summed E-state index contributed by atoms with van der Waals surface area (Å²) in [4.78, 5) is 13.7. The van der Waals surface area contributed by atoms with E-state index in [1.54, 1.807) is 16.7 Å². The van der Waals surface area contributed by atoms with Crippen LogP contribution in [0.25, 0.3) is 0 Å². The molecular formula is C15H19N3O. The van der Waals surface area contributed by atoms with E-state index in [4.69, 9.17) is 5.73 Å². The Labute approximate surface area is 113 Å². The van der Waals surface area contributed by atoms with Gasteiger partial charge in [-0.3, -0.25) is 4.79 Å². The molecule has 4 heteroatoms. The van der Waals surface area contributed by atoms with E-state index in [0.29, 0.717) is 13.1 Å². The number of hydrogen-bond acceptors (Lipinski definition) is 3. The summed E-state index contributed by atoms with van der Waals surface area (Å²) in [5.41, 5.74) is 7.90. The molecule has 1 aromatic heterocycles. The fraction of sp³-hybridized carbons (Fsp3) is 0.267. The first-order chi connectivity index (χ1) is 9.20. The van der Waals surface area contributed by atoms with E-state index in [2.05, 4.69) is 11.0 Å². The van der Waals surface area contributed by atoms with Crippen molar-refractivity contribution in [2.24, 2.45) is 5.73 Å². The lowest BCUT2D eigenvalue weighted by Crippen LogP contribution is -2.27. The van der Waals surface area contributed by atoms with Gasteiger partial charge in [0.05, 0.1) is 0 Å². The summed E-state index contributed by atoms with van der Waals surface area (Å²) in [7, 11) is 2.02. The van der Waals surface area contributed by atoms with E-state index in [1.807, 2.05) is 37.5 Å². The van der Waals surface area contributed by atoms with E-state index in [1.165, 1.54) is 0 Å². The highest BCUT2D eigenvalue weighted by atomic mass is 16.1. The number of likely N-dealkylation sites (N-methyl/N-ethyl adjacent to an activating group) is 1. The van der Waals surface area contributed by atoms with Gasteiger partial charge < -0.3 is 15.2 Å². The Morgan fingerprint density at radius 3 is 2.79 bits per heavy atom. The van der Waals surface area contributed by atoms with Gasteiger partial charge in [0.25, 0.3) is 5.56 Å². The molecule has 0 amide bonds. The number of aromatic nitrogens is 1. The van der Waals surface area contributed by atoms with Gasteiger partial charge in [-0.25, -0.2) is 0 Å². The second kappa shape index (κ2) is 6.20. The van der Waals surface area contributed by atoms with Crippen LogP contribution in [0.4, 0.5) is 5.69 Å². The quantitative estimate of drug-likeness (QED) is 0.882. The predicted molar refractivity (Wildman–Crippen MR) is 78.3 cm³/mol. The second-order valence-electron chi connectivity index (χ2n) is 4.53. The van der Waals surface area contributed by atoms with E-state index < -0.39 is 0 Å². The fourth-order valence-electron chi connectivity index (χ4n) is 1.95. The van der Waals surface area contributed by atoms with Crippen molar-refractivity contribution >= 4 is 5.69 Å². The van der Waals surface area contributed by atoms with Crippen LogP contribution in [0, 0.1) is 0 Å². The van der Waals surface area contributed by atoms with E-state index in [-0.39, 0.29) is 5.56 Å². The number of pyridine rings is 1. The molecule has 0 saturated carbocycles. The van der Waals surface area contributed by atoms with Gasteiger partial charge >= 0.3 is 0 Å². The largest absolute Gasteiger partial charge is 0.373 e. The van der Waals surface area contributed by atoms with Crippen LogP contribution < -0.4 is 16.2 Å². The number of benzene rings is 1. The number of nitrogens with zero attached hydrogens (tertiary/aromatic N) is 2. The molecule has 0 spiro atoms. The highest BCUT2D eigenvalue weighted by molar-refractivity contribution is 5.47. The summed E-state index contributed by atoms with van der Waals surface area (Å²) in [6.07, 6.45) is 1.81. The Kier molecular flexibility index (Phi) is 4.36. The third kappa shape index (κ3) is 3.45. The van der Waals surface area contributed by atoms with E-state index in [0.717, 1.165) is 17.8 Å². The molecule has 0 unspecified atom stereocenters. The number of hydrogen-bond donors (Lipinski definition) is 1. The minimum Gasteiger partial charge on any atom is -0.373 e. The molecule has 4 nitrogen and oxygen atoms in total. The maximum Gasteiger partial charge on any atom is 0.250 e. The van der Waals surface area contributed by atoms with Crippen LogP contribution in [0.3, 0.4) is 0 Å². The summed E-state index contributed by atoms with van der Waals surface area (Å²) in [5.74, 6) is 0. The average Bonchev–Trinajstić information content (AvgIpc) is 2.46. The van der Waals surface area contributed by atoms with Crippen LogP contribution in [-0.2, 0) is 13.1 Å². The average molecular weight is 257 g/mol. The van der Waals surface area contributed by atoms with Crippen molar-refractivity contribution in [3.8, 4) is 0 Å². The predicted octanol–water partition coefficient (Wildman–Crippen LogP) is 1.44. The maximum atomic E-state index is 11.6. The van der Waals surface area contributed by atoms with Gasteiger partial charge in [0, 0.05) is 44.6 Å². The molecule has 2 rings (SSSR count). The lowest BCUT2D eigenvalue weighted by molar-refractivity contribution is 0.661. The SMILES string of the molecule is CN(CCn1ccccc1=O)c1cccc(CN)c1. The zero-order chi connectivity index (χ0) is 13.7. The zero-order valence-corrected chi connectivity index (χ0v) is 11.1. The summed E-state index contributed by atoms with van der Waals surface area (Å²) < 4.78 is 1.71. The summed E-state index contributed by atoms with van der Waals surface area (Å²) in [6, 6.07) is 13.3. The molecule has 2 N–H and O–H groups in total. The maximum absolute atomic E-state index is 11.6. The molecule has 0 aliphatic heterocycles. The Balaban J connectivity index is 2.03. The normalized spacial score (nSPS) is 10.4. The van der Waals surface area contributed by atoms with Gasteiger partial charge in [-0.1, -0.05) is 18.2 Å². The lowest BCUT2D eigenvalue weighted by Gasteiger charge is -2.20. The molecule has 0 fully saturated rings. The van der Waals surface area contributed by atoms with Crippen molar-refractivity contribution < 1.29 is 0 Å². The summed E-state index contributed by atoms with van der Waals surface area (Å²) >= 11 is 0. The number of rotatable bonds is 5. The van der Waals surface area contributed by atoms with Crippen LogP contribution in [-0.4, -0.2) is 18.2 Å². The second-order valence-corrected chi connectivity index (χ2v) is 4.53. The molecule has 0 radical (unpaired) electrons. The molecule has 0 bridgehead atoms. The number of anilines is 1. The lowest BCUT2D eigenvalue weighted by atomic mass is 10.2. The topological polar surface area (TPSA) is 51.3 Å². The van der Waals surface area contributed by atoms with Crippen molar-refractivity contribution in [3.05, 3.63) is 64.6 Å². The van der Waals surface area contributed by atoms with Crippen LogP contribution in [0.5, 0.6) is 0 Å². The highest BCUT2D eigenvalue weighted by Crippen LogP contribution is 2.14. The molecular weight excluding hydrogens is 238 g/mol. The minimum atomic E-state index is 0.0339. The molecule has 0 atom stereocenters. The molecule has 100 valence electrons. The van der Waals surface area contributed by atoms with Gasteiger partial charge in [0.15, 0.2) is 0 Å². The van der Waals surface area contributed by atoms with Crippen molar-refractivity contribution in [2.75, 3.05) is 18.5 Å². The van der Waals surface area contributed by atoms with Crippen molar-refractivity contribution in [1.29, 1.82) is 0 Å². The van der Waals surface area contributed by atoms with Crippen molar-refractivity contribution in [2.45, 2.75) is 13.1 Å². The van der Waals surface area contributed by atoms with E-state index >= 15 is 0 Å². The van der Waals surface area contributed by atoms with Gasteiger partial charge in [-0.05, 0) is 23.8 Å². The van der Waals surface area contributed by atoms with Crippen LogP contribution in [0.2, 0.25) is 0 Å². The molecule has 0 aliphatic rings. The standard InChI is InChI=1S/C15H19N3O/c1-17(14-6-4-5-13(11-14)12-16)9-10-18-8-3-2-7-15(18)19/h2-8,11H,9-10,12,16H2,1H3. The number of nitrogens with two attached hydrogens (primary N) is 1. The first kappa shape index (κ1) is 13.4. The van der Waals surface area contributed by atoms with Gasteiger partial charge in [-0.2, -0.15) is 0 Å². The fourth-order valence-corrected chi connectivity index (χ4v) is 1.95. The van der Waals surface area contributed by atoms with Crippen molar-refractivity contribution in [3.63, 3.8) is 0 Å². The first-order valence-corrected chi connectivity index (χ1v) is 6.36. The first-order valence-electron chi connectivity index (χ1n) is 6.36. The Bertz CT molecular complexity index is 592. The monoisotopic (exact) mass is 257 g/mol. The van der Waals surface area contributed by atoms with Crippen LogP contribution >= 0.6 is 0 Å². The van der Waals surface area contributed by atoms with Crippen LogP contribution in [0.1, 0.15) is 5.56 Å². The molecule has 1 heterocycles. The van der Waals surface area contributed by atoms with Crippen LogP contribution in [0.15, 0.2) is 53.5 Å². The third-order valence-electron chi connectivity index (χ3n) is 3.16. The zero-order valence-electron chi connectivity index (χ0n) is 11.1.